The number of hydrazine groups is 1. The molecule has 1 aliphatic rings. The number of halogens is 1. The first-order valence-corrected chi connectivity index (χ1v) is 6.84. The average molecular weight is 263 g/mol. The lowest BCUT2D eigenvalue weighted by Crippen LogP contribution is -2.43. The molecule has 0 radical (unpaired) electrons. The van der Waals surface area contributed by atoms with Crippen molar-refractivity contribution in [1.29, 1.82) is 0 Å². The summed E-state index contributed by atoms with van der Waals surface area (Å²) in [6.45, 7) is 3.98. The third kappa shape index (κ3) is 2.35. The zero-order chi connectivity index (χ0) is 13.2. The van der Waals surface area contributed by atoms with E-state index >= 15 is 0 Å². The van der Waals surface area contributed by atoms with Gasteiger partial charge in [0, 0.05) is 24.5 Å². The molecular weight excluding hydrogens is 245 g/mol. The smallest absolute Gasteiger partial charge is 0.170 e. The number of nitrogens with one attached hydrogen (secondary N) is 1. The molecule has 2 aromatic rings. The molecular formula is C14H18FN3O. The van der Waals surface area contributed by atoms with Crippen LogP contribution in [-0.4, -0.2) is 23.3 Å². The van der Waals surface area contributed by atoms with Crippen molar-refractivity contribution < 1.29 is 8.91 Å². The van der Waals surface area contributed by atoms with Crippen LogP contribution >= 0.6 is 0 Å². The molecule has 4 nitrogen and oxygen atoms in total. The number of aromatic nitrogens is 1. The first kappa shape index (κ1) is 12.6. The van der Waals surface area contributed by atoms with Crippen LogP contribution in [0.5, 0.6) is 0 Å². The van der Waals surface area contributed by atoms with E-state index in [9.17, 15) is 4.39 Å². The number of benzene rings is 1. The largest absolute Gasteiger partial charge is 0.356 e. The lowest BCUT2D eigenvalue weighted by atomic mass is 9.99. The molecule has 102 valence electrons. The molecule has 3 rings (SSSR count). The minimum atomic E-state index is -0.289. The molecule has 1 aromatic heterocycles. The summed E-state index contributed by atoms with van der Waals surface area (Å²) in [6.07, 6.45) is 3.42. The van der Waals surface area contributed by atoms with Crippen molar-refractivity contribution in [3.63, 3.8) is 0 Å². The molecule has 0 bridgehead atoms. The number of rotatable bonds is 3. The highest BCUT2D eigenvalue weighted by Crippen LogP contribution is 2.33. The zero-order valence-electron chi connectivity index (χ0n) is 11.0. The highest BCUT2D eigenvalue weighted by Gasteiger charge is 2.27. The number of hydrogen-bond acceptors (Lipinski definition) is 4. The lowest BCUT2D eigenvalue weighted by Gasteiger charge is -2.34. The molecule has 0 saturated carbocycles. The van der Waals surface area contributed by atoms with E-state index in [2.05, 4.69) is 22.5 Å². The second-order valence-electron chi connectivity index (χ2n) is 4.92. The zero-order valence-corrected chi connectivity index (χ0v) is 11.0. The molecule has 1 atom stereocenters. The second-order valence-corrected chi connectivity index (χ2v) is 4.92. The first-order valence-electron chi connectivity index (χ1n) is 6.84. The summed E-state index contributed by atoms with van der Waals surface area (Å²) in [6, 6.07) is 4.82. The molecule has 19 heavy (non-hydrogen) atoms. The van der Waals surface area contributed by atoms with E-state index in [0.717, 1.165) is 30.6 Å². The summed E-state index contributed by atoms with van der Waals surface area (Å²) < 4.78 is 18.4. The standard InChI is InChI=1S/C14H18FN3O/c1-2-16-18-8-4-3-5-12(18)14-11-7-6-10(15)9-13(11)19-17-14/h6-7,9,12,16H,2-5,8H2,1H3. The fourth-order valence-electron chi connectivity index (χ4n) is 2.78. The Balaban J connectivity index is 1.97. The van der Waals surface area contributed by atoms with Gasteiger partial charge in [-0.05, 0) is 25.0 Å². The van der Waals surface area contributed by atoms with E-state index in [0.29, 0.717) is 5.58 Å². The molecule has 1 fully saturated rings. The van der Waals surface area contributed by atoms with Gasteiger partial charge in [-0.15, -0.1) is 0 Å². The normalized spacial score (nSPS) is 21.1. The number of piperidine rings is 1. The molecule has 0 amide bonds. The molecule has 1 N–H and O–H groups in total. The van der Waals surface area contributed by atoms with Crippen molar-refractivity contribution in [2.75, 3.05) is 13.1 Å². The van der Waals surface area contributed by atoms with E-state index in [1.54, 1.807) is 6.07 Å². The maximum absolute atomic E-state index is 13.2. The van der Waals surface area contributed by atoms with Crippen molar-refractivity contribution in [2.45, 2.75) is 32.2 Å². The second kappa shape index (κ2) is 5.27. The Bertz CT molecular complexity index is 567. The topological polar surface area (TPSA) is 41.3 Å². The van der Waals surface area contributed by atoms with Gasteiger partial charge in [-0.1, -0.05) is 18.5 Å². The van der Waals surface area contributed by atoms with Crippen LogP contribution in [0.4, 0.5) is 4.39 Å². The summed E-state index contributed by atoms with van der Waals surface area (Å²) in [5, 5.41) is 7.31. The third-order valence-electron chi connectivity index (χ3n) is 3.64. The van der Waals surface area contributed by atoms with E-state index in [-0.39, 0.29) is 11.9 Å². The van der Waals surface area contributed by atoms with Gasteiger partial charge in [-0.25, -0.2) is 9.40 Å². The monoisotopic (exact) mass is 263 g/mol. The fourth-order valence-corrected chi connectivity index (χ4v) is 2.78. The van der Waals surface area contributed by atoms with Gasteiger partial charge in [0.1, 0.15) is 11.5 Å². The van der Waals surface area contributed by atoms with Crippen molar-refractivity contribution in [1.82, 2.24) is 15.6 Å². The summed E-state index contributed by atoms with van der Waals surface area (Å²) in [5.41, 5.74) is 4.81. The van der Waals surface area contributed by atoms with Gasteiger partial charge < -0.3 is 4.52 Å². The molecule has 0 spiro atoms. The Kier molecular flexibility index (Phi) is 3.48. The van der Waals surface area contributed by atoms with Gasteiger partial charge in [0.25, 0.3) is 0 Å². The van der Waals surface area contributed by atoms with Crippen LogP contribution in [0.1, 0.15) is 37.9 Å². The van der Waals surface area contributed by atoms with E-state index < -0.39 is 0 Å². The van der Waals surface area contributed by atoms with Crippen LogP contribution < -0.4 is 5.43 Å². The Morgan fingerprint density at radius 3 is 3.21 bits per heavy atom. The van der Waals surface area contributed by atoms with Gasteiger partial charge in [0.05, 0.1) is 6.04 Å². The van der Waals surface area contributed by atoms with Crippen molar-refractivity contribution in [3.8, 4) is 0 Å². The van der Waals surface area contributed by atoms with Crippen molar-refractivity contribution in [2.24, 2.45) is 0 Å². The van der Waals surface area contributed by atoms with Gasteiger partial charge in [-0.2, -0.15) is 0 Å². The van der Waals surface area contributed by atoms with Crippen LogP contribution in [0.3, 0.4) is 0 Å². The maximum atomic E-state index is 13.2. The minimum absolute atomic E-state index is 0.209. The van der Waals surface area contributed by atoms with Crippen molar-refractivity contribution in [3.05, 3.63) is 29.7 Å². The van der Waals surface area contributed by atoms with Gasteiger partial charge in [0.15, 0.2) is 5.58 Å². The van der Waals surface area contributed by atoms with E-state index in [1.807, 2.05) is 0 Å². The molecule has 0 aliphatic carbocycles. The van der Waals surface area contributed by atoms with E-state index in [4.69, 9.17) is 4.52 Å². The van der Waals surface area contributed by atoms with Crippen LogP contribution in [0.2, 0.25) is 0 Å². The Labute approximate surface area is 111 Å². The van der Waals surface area contributed by atoms with Crippen LogP contribution in [0.25, 0.3) is 11.0 Å². The van der Waals surface area contributed by atoms with E-state index in [1.165, 1.54) is 25.0 Å². The first-order chi connectivity index (χ1) is 9.29. The van der Waals surface area contributed by atoms with Gasteiger partial charge in [-0.3, -0.25) is 5.43 Å². The molecule has 1 unspecified atom stereocenters. The molecule has 1 saturated heterocycles. The maximum Gasteiger partial charge on any atom is 0.170 e. The lowest BCUT2D eigenvalue weighted by molar-refractivity contribution is 0.0845. The molecule has 5 heteroatoms. The third-order valence-corrected chi connectivity index (χ3v) is 3.64. The molecule has 1 aliphatic heterocycles. The predicted molar refractivity (Wildman–Crippen MR) is 70.9 cm³/mol. The van der Waals surface area contributed by atoms with Crippen LogP contribution in [-0.2, 0) is 0 Å². The highest BCUT2D eigenvalue weighted by atomic mass is 19.1. The SMILES string of the molecule is CCNN1CCCCC1c1noc2cc(F)ccc12. The van der Waals surface area contributed by atoms with Gasteiger partial charge >= 0.3 is 0 Å². The number of fused-ring (bicyclic) bond motifs is 1. The Morgan fingerprint density at radius 2 is 2.37 bits per heavy atom. The Hall–Kier alpha value is -1.46. The number of nitrogens with zero attached hydrogens (tertiary/aromatic N) is 2. The fraction of sp³-hybridized carbons (Fsp3) is 0.500. The molecule has 2 heterocycles. The van der Waals surface area contributed by atoms with Crippen LogP contribution in [0.15, 0.2) is 22.7 Å². The van der Waals surface area contributed by atoms with Gasteiger partial charge in [0.2, 0.25) is 0 Å². The highest BCUT2D eigenvalue weighted by molar-refractivity contribution is 5.79. The summed E-state index contributed by atoms with van der Waals surface area (Å²) in [4.78, 5) is 0. The number of hydrogen-bond donors (Lipinski definition) is 1. The average Bonchev–Trinajstić information content (AvgIpc) is 2.82. The van der Waals surface area contributed by atoms with Crippen LogP contribution in [0, 0.1) is 5.82 Å². The summed E-state index contributed by atoms with van der Waals surface area (Å²) in [7, 11) is 0. The quantitative estimate of drug-likeness (QED) is 0.924. The molecule has 1 aromatic carbocycles. The summed E-state index contributed by atoms with van der Waals surface area (Å²) in [5.74, 6) is -0.289. The Morgan fingerprint density at radius 1 is 1.47 bits per heavy atom. The van der Waals surface area contributed by atoms with Crippen molar-refractivity contribution >= 4 is 11.0 Å². The summed E-state index contributed by atoms with van der Waals surface area (Å²) >= 11 is 0. The minimum Gasteiger partial charge on any atom is -0.356 e. The predicted octanol–water partition coefficient (Wildman–Crippen LogP) is 3.02.